The predicted molar refractivity (Wildman–Crippen MR) is 114 cm³/mol. The second-order valence-corrected chi connectivity index (χ2v) is 7.23. The van der Waals surface area contributed by atoms with Crippen molar-refractivity contribution in [2.24, 2.45) is 10.7 Å². The first-order valence-corrected chi connectivity index (χ1v) is 9.12. The van der Waals surface area contributed by atoms with Crippen LogP contribution >= 0.6 is 35.3 Å². The van der Waals surface area contributed by atoms with E-state index >= 15 is 0 Å². The number of guanidine groups is 1. The maximum absolute atomic E-state index is 13.9. The molecule has 0 spiro atoms. The highest BCUT2D eigenvalue weighted by molar-refractivity contribution is 14.0. The number of nitrogens with two attached hydrogens (primary N) is 1. The van der Waals surface area contributed by atoms with Crippen molar-refractivity contribution in [3.05, 3.63) is 47.0 Å². The molecule has 3 N–H and O–H groups in total. The third-order valence-electron chi connectivity index (χ3n) is 4.35. The van der Waals surface area contributed by atoms with Crippen LogP contribution in [0, 0.1) is 11.6 Å². The second-order valence-electron chi connectivity index (χ2n) is 6.36. The van der Waals surface area contributed by atoms with Gasteiger partial charge in [0.25, 0.3) is 0 Å². The van der Waals surface area contributed by atoms with Gasteiger partial charge in [-0.15, -0.1) is 35.3 Å². The zero-order valence-corrected chi connectivity index (χ0v) is 18.0. The highest BCUT2D eigenvalue weighted by atomic mass is 127. The summed E-state index contributed by atoms with van der Waals surface area (Å²) in [6.07, 6.45) is 1.78. The van der Waals surface area contributed by atoms with Crippen molar-refractivity contribution in [1.82, 2.24) is 9.88 Å². The average molecular weight is 509 g/mol. The molecular formula is C17H22F2IN5OS. The Balaban J connectivity index is 0.00000261. The van der Waals surface area contributed by atoms with Crippen LogP contribution in [-0.2, 0) is 5.60 Å². The molecule has 0 aliphatic carbocycles. The Kier molecular flexibility index (Phi) is 7.34. The quantitative estimate of drug-likeness (QED) is 0.376. The van der Waals surface area contributed by atoms with Crippen LogP contribution in [0.4, 0.5) is 13.9 Å². The Morgan fingerprint density at radius 3 is 2.63 bits per heavy atom. The van der Waals surface area contributed by atoms with Crippen molar-refractivity contribution in [2.45, 2.75) is 12.5 Å². The van der Waals surface area contributed by atoms with Crippen LogP contribution in [0.1, 0.15) is 12.5 Å². The molecule has 0 bridgehead atoms. The number of thiazole rings is 1. The average Bonchev–Trinajstić information content (AvgIpc) is 3.14. The molecular weight excluding hydrogens is 487 g/mol. The van der Waals surface area contributed by atoms with E-state index in [9.17, 15) is 13.9 Å². The van der Waals surface area contributed by atoms with Crippen molar-refractivity contribution in [3.63, 3.8) is 0 Å². The number of hydrogen-bond acceptors (Lipinski definition) is 5. The lowest BCUT2D eigenvalue weighted by Gasteiger charge is -2.35. The summed E-state index contributed by atoms with van der Waals surface area (Å²) in [7, 11) is 0. The van der Waals surface area contributed by atoms with E-state index in [0.717, 1.165) is 30.4 Å². The first-order chi connectivity index (χ1) is 12.4. The Bertz CT molecular complexity index is 780. The SMILES string of the molecule is CC(O)(CN=C(N)N1CCN(c2nccs2)CC1)c1ccc(F)cc1F.I. The lowest BCUT2D eigenvalue weighted by Crippen LogP contribution is -2.51. The number of aromatic nitrogens is 1. The molecule has 2 aromatic rings. The van der Waals surface area contributed by atoms with Crippen LogP contribution in [0.5, 0.6) is 0 Å². The minimum absolute atomic E-state index is 0. The normalized spacial score (nSPS) is 17.4. The number of piperazine rings is 1. The monoisotopic (exact) mass is 509 g/mol. The molecule has 1 aliphatic rings. The molecule has 0 saturated carbocycles. The fourth-order valence-corrected chi connectivity index (χ4v) is 3.54. The molecule has 1 atom stereocenters. The summed E-state index contributed by atoms with van der Waals surface area (Å²) in [4.78, 5) is 12.6. The zero-order chi connectivity index (χ0) is 18.7. The molecule has 0 radical (unpaired) electrons. The van der Waals surface area contributed by atoms with E-state index in [4.69, 9.17) is 5.73 Å². The Labute approximate surface area is 177 Å². The summed E-state index contributed by atoms with van der Waals surface area (Å²) >= 11 is 1.59. The molecule has 6 nitrogen and oxygen atoms in total. The summed E-state index contributed by atoms with van der Waals surface area (Å²) < 4.78 is 26.9. The van der Waals surface area contributed by atoms with Gasteiger partial charge in [-0.3, -0.25) is 0 Å². The van der Waals surface area contributed by atoms with Gasteiger partial charge in [0.1, 0.15) is 17.2 Å². The second kappa shape index (κ2) is 9.11. The number of rotatable bonds is 4. The highest BCUT2D eigenvalue weighted by Crippen LogP contribution is 2.25. The van der Waals surface area contributed by atoms with Crippen LogP contribution in [0.25, 0.3) is 0 Å². The van der Waals surface area contributed by atoms with E-state index in [2.05, 4.69) is 14.9 Å². The van der Waals surface area contributed by atoms with Crippen molar-refractivity contribution in [3.8, 4) is 0 Å². The van der Waals surface area contributed by atoms with Crippen LogP contribution in [0.2, 0.25) is 0 Å². The van der Waals surface area contributed by atoms with Crippen LogP contribution in [0.3, 0.4) is 0 Å². The van der Waals surface area contributed by atoms with Crippen LogP contribution < -0.4 is 10.6 Å². The Hall–Kier alpha value is -1.53. The van der Waals surface area contributed by atoms with Gasteiger partial charge < -0.3 is 20.6 Å². The molecule has 3 rings (SSSR count). The van der Waals surface area contributed by atoms with E-state index in [1.54, 1.807) is 17.5 Å². The fraction of sp³-hybridized carbons (Fsp3) is 0.412. The molecule has 10 heteroatoms. The van der Waals surface area contributed by atoms with Crippen LogP contribution in [-0.4, -0.2) is 53.7 Å². The number of aliphatic hydroxyl groups is 1. The van der Waals surface area contributed by atoms with Gasteiger partial charge in [-0.25, -0.2) is 18.8 Å². The predicted octanol–water partition coefficient (Wildman–Crippen LogP) is 2.38. The number of halogens is 3. The number of anilines is 1. The van der Waals surface area contributed by atoms with E-state index in [1.165, 1.54) is 13.0 Å². The molecule has 0 amide bonds. The van der Waals surface area contributed by atoms with Gasteiger partial charge >= 0.3 is 0 Å². The maximum atomic E-state index is 13.9. The van der Waals surface area contributed by atoms with Gasteiger partial charge in [0.15, 0.2) is 11.1 Å². The standard InChI is InChI=1S/C17H21F2N5OS.HI/c1-17(25,13-3-2-12(18)10-14(13)19)11-22-15(20)23-5-7-24(8-6-23)16-21-4-9-26-16;/h2-4,9-10,25H,5-8,11H2,1H3,(H2,20,22);1H. The number of benzene rings is 1. The molecule has 27 heavy (non-hydrogen) atoms. The molecule has 1 fully saturated rings. The smallest absolute Gasteiger partial charge is 0.191 e. The van der Waals surface area contributed by atoms with Gasteiger partial charge in [0, 0.05) is 49.4 Å². The summed E-state index contributed by atoms with van der Waals surface area (Å²) in [6.45, 7) is 4.22. The molecule has 1 saturated heterocycles. The summed E-state index contributed by atoms with van der Waals surface area (Å²) in [5.74, 6) is -1.20. The molecule has 1 aromatic heterocycles. The topological polar surface area (TPSA) is 78.0 Å². The van der Waals surface area contributed by atoms with E-state index < -0.39 is 17.2 Å². The summed E-state index contributed by atoms with van der Waals surface area (Å²) in [5, 5.41) is 13.4. The molecule has 148 valence electrons. The highest BCUT2D eigenvalue weighted by Gasteiger charge is 2.27. The van der Waals surface area contributed by atoms with Crippen molar-refractivity contribution >= 4 is 46.4 Å². The van der Waals surface area contributed by atoms with Gasteiger partial charge in [0.05, 0.1) is 6.54 Å². The van der Waals surface area contributed by atoms with Gasteiger partial charge in [-0.2, -0.15) is 0 Å². The molecule has 2 heterocycles. The molecule has 1 aliphatic heterocycles. The fourth-order valence-electron chi connectivity index (χ4n) is 2.85. The maximum Gasteiger partial charge on any atom is 0.191 e. The first-order valence-electron chi connectivity index (χ1n) is 8.24. The Morgan fingerprint density at radius 2 is 2.04 bits per heavy atom. The molecule has 1 aromatic carbocycles. The summed E-state index contributed by atoms with van der Waals surface area (Å²) in [6, 6.07) is 3.08. The minimum atomic E-state index is -1.58. The number of nitrogens with zero attached hydrogens (tertiary/aromatic N) is 4. The zero-order valence-electron chi connectivity index (χ0n) is 14.8. The van der Waals surface area contributed by atoms with Crippen molar-refractivity contribution in [1.29, 1.82) is 0 Å². The number of aliphatic imine (C=N–C) groups is 1. The first kappa shape index (κ1) is 21.8. The van der Waals surface area contributed by atoms with E-state index in [-0.39, 0.29) is 36.1 Å². The lowest BCUT2D eigenvalue weighted by molar-refractivity contribution is 0.0630. The van der Waals surface area contributed by atoms with Crippen molar-refractivity contribution < 1.29 is 13.9 Å². The van der Waals surface area contributed by atoms with E-state index in [1.807, 2.05) is 10.3 Å². The minimum Gasteiger partial charge on any atom is -0.383 e. The Morgan fingerprint density at radius 1 is 1.33 bits per heavy atom. The number of hydrogen-bond donors (Lipinski definition) is 2. The van der Waals surface area contributed by atoms with Gasteiger partial charge in [-0.1, -0.05) is 6.07 Å². The molecule has 1 unspecified atom stereocenters. The largest absolute Gasteiger partial charge is 0.383 e. The van der Waals surface area contributed by atoms with Gasteiger partial charge in [-0.05, 0) is 13.0 Å². The lowest BCUT2D eigenvalue weighted by atomic mass is 9.95. The third-order valence-corrected chi connectivity index (χ3v) is 5.19. The van der Waals surface area contributed by atoms with Crippen LogP contribution in [0.15, 0.2) is 34.8 Å². The van der Waals surface area contributed by atoms with Gasteiger partial charge in [0.2, 0.25) is 0 Å². The third kappa shape index (κ3) is 5.26. The summed E-state index contributed by atoms with van der Waals surface area (Å²) in [5.41, 5.74) is 4.45. The van der Waals surface area contributed by atoms with Crippen molar-refractivity contribution in [2.75, 3.05) is 37.6 Å². The van der Waals surface area contributed by atoms with E-state index in [0.29, 0.717) is 19.0 Å².